The topological polar surface area (TPSA) is 227 Å². The van der Waals surface area contributed by atoms with Crippen LogP contribution >= 0.6 is 0 Å². The number of carboxylic acid groups (broad SMARTS) is 1. The van der Waals surface area contributed by atoms with Gasteiger partial charge in [0.1, 0.15) is 12.1 Å². The van der Waals surface area contributed by atoms with Gasteiger partial charge in [-0.2, -0.15) is 0 Å². The molecular weight excluding hydrogens is 352 g/mol. The highest BCUT2D eigenvalue weighted by Gasteiger charge is 2.29. The Morgan fingerprint density at radius 3 is 2.15 bits per heavy atom. The number of urea groups is 1. The molecule has 13 nitrogen and oxygen atoms in total. The Kier molecular flexibility index (Phi) is 7.42. The van der Waals surface area contributed by atoms with Crippen molar-refractivity contribution >= 4 is 17.9 Å². The number of rotatable bonds is 9. The van der Waals surface area contributed by atoms with E-state index in [9.17, 15) is 24.6 Å². The lowest BCUT2D eigenvalue weighted by molar-refractivity contribution is -0.141. The molecule has 0 saturated heterocycles. The zero-order valence-corrected chi connectivity index (χ0v) is 14.1. The van der Waals surface area contributed by atoms with Crippen molar-refractivity contribution in [3.8, 4) is 0 Å². The number of nitrogens with one attached hydrogen (secondary N) is 2. The van der Waals surface area contributed by atoms with E-state index in [0.717, 1.165) is 0 Å². The van der Waals surface area contributed by atoms with E-state index in [-0.39, 0.29) is 11.8 Å². The summed E-state index contributed by atoms with van der Waals surface area (Å²) in [4.78, 5) is 34.2. The third kappa shape index (κ3) is 5.94. The standard InChI is InChI=1S/C13H22N6O7/c1-4(20)8(15)11-19-18-10(26-11)6(3-7(14)22)16-13(25)17-9(5(2)21)12(23)24/h4-6,8-9,20-21H,3,15H2,1-2H3,(H2,14,22)(H,23,24)(H2,16,17,25)/t4?,5?,6-,8?,9?/m0/s1. The van der Waals surface area contributed by atoms with Crippen LogP contribution in [-0.4, -0.2) is 61.7 Å². The molecule has 1 rings (SSSR count). The predicted octanol–water partition coefficient (Wildman–Crippen LogP) is -2.50. The predicted molar refractivity (Wildman–Crippen MR) is 84.2 cm³/mol. The second kappa shape index (κ2) is 9.07. The number of hydrogen-bond acceptors (Lipinski definition) is 9. The molecule has 13 heteroatoms. The Labute approximate surface area is 147 Å². The Balaban J connectivity index is 2.92. The van der Waals surface area contributed by atoms with Gasteiger partial charge in [0.2, 0.25) is 17.7 Å². The molecule has 0 saturated carbocycles. The minimum absolute atomic E-state index is 0.126. The second-order valence-corrected chi connectivity index (χ2v) is 5.64. The molecule has 0 bridgehead atoms. The Bertz CT molecular complexity index is 647. The third-order valence-electron chi connectivity index (χ3n) is 3.30. The number of carbonyl (C=O) groups excluding carboxylic acids is 2. The lowest BCUT2D eigenvalue weighted by atomic mass is 10.2. The van der Waals surface area contributed by atoms with Gasteiger partial charge in [0.25, 0.3) is 0 Å². The van der Waals surface area contributed by atoms with Crippen molar-refractivity contribution in [3.63, 3.8) is 0 Å². The van der Waals surface area contributed by atoms with Gasteiger partial charge in [-0.05, 0) is 13.8 Å². The lowest BCUT2D eigenvalue weighted by Crippen LogP contribution is -2.52. The first-order valence-electron chi connectivity index (χ1n) is 7.56. The largest absolute Gasteiger partial charge is 0.480 e. The maximum absolute atomic E-state index is 12.0. The summed E-state index contributed by atoms with van der Waals surface area (Å²) in [6.07, 6.45) is -2.78. The highest BCUT2D eigenvalue weighted by Crippen LogP contribution is 2.19. The highest BCUT2D eigenvalue weighted by atomic mass is 16.4. The number of aliphatic carboxylic acids is 1. The van der Waals surface area contributed by atoms with Crippen molar-refractivity contribution < 1.29 is 34.1 Å². The molecule has 4 unspecified atom stereocenters. The molecule has 0 aromatic carbocycles. The number of aliphatic hydroxyl groups excluding tert-OH is 2. The van der Waals surface area contributed by atoms with Crippen LogP contribution in [0, 0.1) is 0 Å². The first-order valence-corrected chi connectivity index (χ1v) is 7.56. The molecule has 0 aliphatic heterocycles. The van der Waals surface area contributed by atoms with Gasteiger partial charge < -0.3 is 41.8 Å². The van der Waals surface area contributed by atoms with Crippen LogP contribution in [0.2, 0.25) is 0 Å². The smallest absolute Gasteiger partial charge is 0.328 e. The van der Waals surface area contributed by atoms with Gasteiger partial charge >= 0.3 is 12.0 Å². The average Bonchev–Trinajstić information content (AvgIpc) is 2.99. The molecule has 5 atom stereocenters. The van der Waals surface area contributed by atoms with Gasteiger partial charge in [-0.15, -0.1) is 10.2 Å². The Hall–Kier alpha value is -2.77. The molecule has 0 aliphatic rings. The zero-order valence-electron chi connectivity index (χ0n) is 14.1. The Morgan fingerprint density at radius 2 is 1.69 bits per heavy atom. The number of nitrogens with two attached hydrogens (primary N) is 2. The minimum atomic E-state index is -1.58. The molecule has 0 aliphatic carbocycles. The van der Waals surface area contributed by atoms with Crippen molar-refractivity contribution in [1.29, 1.82) is 0 Å². The van der Waals surface area contributed by atoms with Gasteiger partial charge in [0.05, 0.1) is 18.6 Å². The molecule has 146 valence electrons. The fourth-order valence-corrected chi connectivity index (χ4v) is 1.86. The molecule has 26 heavy (non-hydrogen) atoms. The number of carbonyl (C=O) groups is 3. The first kappa shape index (κ1) is 21.3. The average molecular weight is 374 g/mol. The van der Waals surface area contributed by atoms with E-state index in [1.165, 1.54) is 13.8 Å². The summed E-state index contributed by atoms with van der Waals surface area (Å²) < 4.78 is 5.25. The van der Waals surface area contributed by atoms with Crippen LogP contribution in [0.15, 0.2) is 4.42 Å². The third-order valence-corrected chi connectivity index (χ3v) is 3.30. The molecule has 0 spiro atoms. The van der Waals surface area contributed by atoms with Gasteiger partial charge in [-0.3, -0.25) is 4.79 Å². The SMILES string of the molecule is CC(O)C(NC(=O)N[C@@H](CC(N)=O)c1nnc(C(N)C(C)O)o1)C(=O)O. The van der Waals surface area contributed by atoms with Crippen LogP contribution in [0.1, 0.15) is 44.1 Å². The number of aromatic nitrogens is 2. The summed E-state index contributed by atoms with van der Waals surface area (Å²) in [6.45, 7) is 2.59. The van der Waals surface area contributed by atoms with E-state index in [2.05, 4.69) is 15.5 Å². The van der Waals surface area contributed by atoms with E-state index < -0.39 is 54.7 Å². The lowest BCUT2D eigenvalue weighted by Gasteiger charge is -2.20. The Morgan fingerprint density at radius 1 is 1.12 bits per heavy atom. The monoisotopic (exact) mass is 374 g/mol. The minimum Gasteiger partial charge on any atom is -0.480 e. The van der Waals surface area contributed by atoms with E-state index in [1.807, 2.05) is 5.32 Å². The van der Waals surface area contributed by atoms with Crippen LogP contribution in [-0.2, 0) is 9.59 Å². The molecule has 1 aromatic heterocycles. The van der Waals surface area contributed by atoms with Crippen LogP contribution in [0.5, 0.6) is 0 Å². The summed E-state index contributed by atoms with van der Waals surface area (Å²) in [5, 5.41) is 39.3. The maximum Gasteiger partial charge on any atom is 0.328 e. The van der Waals surface area contributed by atoms with Crippen molar-refractivity contribution in [2.75, 3.05) is 0 Å². The van der Waals surface area contributed by atoms with E-state index in [1.54, 1.807) is 0 Å². The van der Waals surface area contributed by atoms with Crippen molar-refractivity contribution in [3.05, 3.63) is 11.8 Å². The van der Waals surface area contributed by atoms with Crippen molar-refractivity contribution in [1.82, 2.24) is 20.8 Å². The van der Waals surface area contributed by atoms with Crippen LogP contribution in [0.3, 0.4) is 0 Å². The molecule has 3 amide bonds. The summed E-state index contributed by atoms with van der Waals surface area (Å²) in [7, 11) is 0. The summed E-state index contributed by atoms with van der Waals surface area (Å²) >= 11 is 0. The molecule has 1 heterocycles. The van der Waals surface area contributed by atoms with Gasteiger partial charge in [-0.25, -0.2) is 9.59 Å². The number of primary amides is 1. The normalized spacial score (nSPS) is 16.8. The summed E-state index contributed by atoms with van der Waals surface area (Å²) in [5.41, 5.74) is 10.8. The summed E-state index contributed by atoms with van der Waals surface area (Å²) in [6, 6.07) is -4.74. The van der Waals surface area contributed by atoms with Crippen LogP contribution in [0.4, 0.5) is 4.79 Å². The van der Waals surface area contributed by atoms with Gasteiger partial charge in [-0.1, -0.05) is 0 Å². The molecule has 0 fully saturated rings. The second-order valence-electron chi connectivity index (χ2n) is 5.64. The quantitative estimate of drug-likeness (QED) is 0.240. The van der Waals surface area contributed by atoms with Crippen molar-refractivity contribution in [2.45, 2.75) is 50.6 Å². The zero-order chi connectivity index (χ0) is 20.0. The molecule has 9 N–H and O–H groups in total. The number of carboxylic acids is 1. The maximum atomic E-state index is 12.0. The number of amides is 3. The van der Waals surface area contributed by atoms with Gasteiger partial charge in [0.15, 0.2) is 6.04 Å². The van der Waals surface area contributed by atoms with Crippen molar-refractivity contribution in [2.24, 2.45) is 11.5 Å². The molecular formula is C13H22N6O7. The van der Waals surface area contributed by atoms with Gasteiger partial charge in [0, 0.05) is 0 Å². The highest BCUT2D eigenvalue weighted by molar-refractivity contribution is 5.83. The molecule has 0 radical (unpaired) electrons. The van der Waals surface area contributed by atoms with E-state index >= 15 is 0 Å². The van der Waals surface area contributed by atoms with E-state index in [4.69, 9.17) is 21.0 Å². The number of aliphatic hydroxyl groups is 2. The number of hydrogen-bond donors (Lipinski definition) is 7. The summed E-state index contributed by atoms with van der Waals surface area (Å²) in [5.74, 6) is -2.60. The fraction of sp³-hybridized carbons (Fsp3) is 0.615. The van der Waals surface area contributed by atoms with Crippen LogP contribution < -0.4 is 22.1 Å². The number of nitrogens with zero attached hydrogens (tertiary/aromatic N) is 2. The fourth-order valence-electron chi connectivity index (χ4n) is 1.86. The van der Waals surface area contributed by atoms with Crippen LogP contribution in [0.25, 0.3) is 0 Å². The molecule has 1 aromatic rings. The van der Waals surface area contributed by atoms with E-state index in [0.29, 0.717) is 0 Å². The first-order chi connectivity index (χ1) is 12.0.